The Hall–Kier alpha value is -1.13. The highest BCUT2D eigenvalue weighted by atomic mass is 32.1. The molecule has 0 aliphatic carbocycles. The van der Waals surface area contributed by atoms with Crippen LogP contribution in [0.4, 0.5) is 0 Å². The first-order chi connectivity index (χ1) is 9.79. The molecule has 0 aliphatic rings. The van der Waals surface area contributed by atoms with Gasteiger partial charge in [-0.1, -0.05) is 13.0 Å². The van der Waals surface area contributed by atoms with E-state index in [0.29, 0.717) is 6.04 Å². The van der Waals surface area contributed by atoms with E-state index in [-0.39, 0.29) is 0 Å². The monoisotopic (exact) mass is 291 g/mol. The van der Waals surface area contributed by atoms with Gasteiger partial charge in [0.2, 0.25) is 0 Å². The van der Waals surface area contributed by atoms with Crippen LogP contribution in [0.5, 0.6) is 0 Å². The van der Waals surface area contributed by atoms with Crippen molar-refractivity contribution in [1.29, 1.82) is 0 Å². The first-order valence-corrected chi connectivity index (χ1v) is 8.40. The molecule has 20 heavy (non-hydrogen) atoms. The average Bonchev–Trinajstić information content (AvgIpc) is 3.08. The van der Waals surface area contributed by atoms with Gasteiger partial charge in [0.25, 0.3) is 0 Å². The Morgan fingerprint density at radius 1 is 1.30 bits per heavy atom. The molecular formula is C16H25N3S. The van der Waals surface area contributed by atoms with E-state index in [1.807, 2.05) is 29.3 Å². The number of nitrogens with zero attached hydrogens (tertiary/aromatic N) is 2. The second-order valence-corrected chi connectivity index (χ2v) is 6.24. The first-order valence-electron chi connectivity index (χ1n) is 7.52. The molecule has 0 fully saturated rings. The van der Waals surface area contributed by atoms with Crippen molar-refractivity contribution >= 4 is 11.3 Å². The van der Waals surface area contributed by atoms with Crippen LogP contribution in [-0.4, -0.2) is 22.4 Å². The maximum atomic E-state index is 4.23. The van der Waals surface area contributed by atoms with Crippen LogP contribution in [0.15, 0.2) is 29.8 Å². The zero-order valence-corrected chi connectivity index (χ0v) is 13.3. The van der Waals surface area contributed by atoms with Gasteiger partial charge in [0.05, 0.1) is 0 Å². The third-order valence-corrected chi connectivity index (χ3v) is 4.66. The summed E-state index contributed by atoms with van der Waals surface area (Å²) >= 11 is 1.87. The molecule has 0 saturated heterocycles. The number of aromatic nitrogens is 2. The van der Waals surface area contributed by atoms with Crippen molar-refractivity contribution in [3.63, 3.8) is 0 Å². The van der Waals surface area contributed by atoms with Crippen molar-refractivity contribution in [3.05, 3.63) is 40.3 Å². The highest BCUT2D eigenvalue weighted by Gasteiger charge is 2.09. The molecule has 1 N–H and O–H groups in total. The summed E-state index contributed by atoms with van der Waals surface area (Å²) in [6.07, 6.45) is 7.91. The van der Waals surface area contributed by atoms with Crippen molar-refractivity contribution in [2.45, 2.75) is 45.1 Å². The largest absolute Gasteiger partial charge is 0.314 e. The average molecular weight is 291 g/mol. The Morgan fingerprint density at radius 2 is 2.20 bits per heavy atom. The molecule has 0 saturated carbocycles. The molecule has 0 radical (unpaired) electrons. The van der Waals surface area contributed by atoms with Gasteiger partial charge in [0.15, 0.2) is 0 Å². The van der Waals surface area contributed by atoms with Crippen LogP contribution in [0.3, 0.4) is 0 Å². The van der Waals surface area contributed by atoms with Gasteiger partial charge >= 0.3 is 0 Å². The highest BCUT2D eigenvalue weighted by molar-refractivity contribution is 7.09. The zero-order chi connectivity index (χ0) is 14.2. The van der Waals surface area contributed by atoms with Crippen LogP contribution >= 0.6 is 11.3 Å². The van der Waals surface area contributed by atoms with Gasteiger partial charge in [-0.15, -0.1) is 11.3 Å². The summed E-state index contributed by atoms with van der Waals surface area (Å²) in [6.45, 7) is 3.24. The predicted octanol–water partition coefficient (Wildman–Crippen LogP) is 3.42. The maximum absolute atomic E-state index is 4.23. The van der Waals surface area contributed by atoms with Crippen LogP contribution in [-0.2, 0) is 19.9 Å². The van der Waals surface area contributed by atoms with Crippen LogP contribution in [0.1, 0.15) is 36.8 Å². The SMILES string of the molecule is CCNC(CCCc1cccs1)CCc1ccnn1C. The summed E-state index contributed by atoms with van der Waals surface area (Å²) in [4.78, 5) is 1.51. The Balaban J connectivity index is 1.73. The summed E-state index contributed by atoms with van der Waals surface area (Å²) in [6, 6.07) is 7.12. The molecule has 1 unspecified atom stereocenters. The molecule has 0 aromatic carbocycles. The predicted molar refractivity (Wildman–Crippen MR) is 86.3 cm³/mol. The van der Waals surface area contributed by atoms with Crippen LogP contribution < -0.4 is 5.32 Å². The molecule has 1 atom stereocenters. The summed E-state index contributed by atoms with van der Waals surface area (Å²) in [7, 11) is 2.02. The molecule has 2 aromatic rings. The summed E-state index contributed by atoms with van der Waals surface area (Å²) in [5, 5.41) is 10.0. The molecule has 4 heteroatoms. The minimum atomic E-state index is 0.620. The lowest BCUT2D eigenvalue weighted by Gasteiger charge is -2.17. The van der Waals surface area contributed by atoms with E-state index in [4.69, 9.17) is 0 Å². The van der Waals surface area contributed by atoms with E-state index in [2.05, 4.69) is 40.9 Å². The van der Waals surface area contributed by atoms with Gasteiger partial charge in [-0.2, -0.15) is 5.10 Å². The molecule has 3 nitrogen and oxygen atoms in total. The summed E-state index contributed by atoms with van der Waals surface area (Å²) in [5.74, 6) is 0. The lowest BCUT2D eigenvalue weighted by Crippen LogP contribution is -2.29. The van der Waals surface area contributed by atoms with E-state index in [0.717, 1.165) is 13.0 Å². The van der Waals surface area contributed by atoms with Gasteiger partial charge in [0.1, 0.15) is 0 Å². The highest BCUT2D eigenvalue weighted by Crippen LogP contribution is 2.14. The van der Waals surface area contributed by atoms with Crippen LogP contribution in [0.25, 0.3) is 0 Å². The molecule has 0 aliphatic heterocycles. The van der Waals surface area contributed by atoms with Crippen molar-refractivity contribution in [2.75, 3.05) is 6.54 Å². The van der Waals surface area contributed by atoms with E-state index in [1.54, 1.807) is 0 Å². The fraction of sp³-hybridized carbons (Fsp3) is 0.562. The van der Waals surface area contributed by atoms with Crippen LogP contribution in [0.2, 0.25) is 0 Å². The summed E-state index contributed by atoms with van der Waals surface area (Å²) < 4.78 is 1.98. The molecule has 2 rings (SSSR count). The quantitative estimate of drug-likeness (QED) is 0.767. The minimum Gasteiger partial charge on any atom is -0.314 e. The fourth-order valence-corrected chi connectivity index (χ4v) is 3.33. The maximum Gasteiger partial charge on any atom is 0.0492 e. The number of nitrogens with one attached hydrogen (secondary N) is 1. The first kappa shape index (κ1) is 15.3. The van der Waals surface area contributed by atoms with Gasteiger partial charge in [-0.3, -0.25) is 4.68 Å². The molecule has 0 spiro atoms. The van der Waals surface area contributed by atoms with Gasteiger partial charge in [0, 0.05) is 29.9 Å². The molecule has 110 valence electrons. The number of hydrogen-bond acceptors (Lipinski definition) is 3. The van der Waals surface area contributed by atoms with E-state index in [1.165, 1.54) is 36.3 Å². The van der Waals surface area contributed by atoms with Gasteiger partial charge in [-0.25, -0.2) is 0 Å². The van der Waals surface area contributed by atoms with Crippen molar-refractivity contribution in [3.8, 4) is 0 Å². The number of rotatable bonds is 9. The molecule has 0 bridgehead atoms. The van der Waals surface area contributed by atoms with Crippen molar-refractivity contribution in [1.82, 2.24) is 15.1 Å². The number of hydrogen-bond donors (Lipinski definition) is 1. The van der Waals surface area contributed by atoms with Gasteiger partial charge < -0.3 is 5.32 Å². The number of aryl methyl sites for hydroxylation is 3. The lowest BCUT2D eigenvalue weighted by atomic mass is 10.0. The molecular weight excluding hydrogens is 266 g/mol. The summed E-state index contributed by atoms with van der Waals surface area (Å²) in [5.41, 5.74) is 1.33. The van der Waals surface area contributed by atoms with Crippen LogP contribution in [0, 0.1) is 0 Å². The van der Waals surface area contributed by atoms with Crippen molar-refractivity contribution < 1.29 is 0 Å². The lowest BCUT2D eigenvalue weighted by molar-refractivity contribution is 0.447. The topological polar surface area (TPSA) is 29.9 Å². The third kappa shape index (κ3) is 4.76. The second kappa shape index (κ2) is 8.22. The van der Waals surface area contributed by atoms with E-state index in [9.17, 15) is 0 Å². The normalized spacial score (nSPS) is 12.7. The Labute approximate surface area is 126 Å². The Morgan fingerprint density at radius 3 is 2.85 bits per heavy atom. The second-order valence-electron chi connectivity index (χ2n) is 5.21. The molecule has 0 amide bonds. The molecule has 2 heterocycles. The molecule has 2 aromatic heterocycles. The van der Waals surface area contributed by atoms with E-state index >= 15 is 0 Å². The third-order valence-electron chi connectivity index (χ3n) is 3.72. The van der Waals surface area contributed by atoms with E-state index < -0.39 is 0 Å². The van der Waals surface area contributed by atoms with Crippen molar-refractivity contribution in [2.24, 2.45) is 7.05 Å². The Kier molecular flexibility index (Phi) is 6.27. The number of thiophene rings is 1. The zero-order valence-electron chi connectivity index (χ0n) is 12.5. The smallest absolute Gasteiger partial charge is 0.0492 e. The fourth-order valence-electron chi connectivity index (χ4n) is 2.58. The van der Waals surface area contributed by atoms with Gasteiger partial charge in [-0.05, 0) is 56.2 Å². The standard InChI is InChI=1S/C16H25N3S/c1-3-17-14(6-4-7-16-8-5-13-20-16)9-10-15-11-12-18-19(15)2/h5,8,11-14,17H,3-4,6-7,9-10H2,1-2H3. The minimum absolute atomic E-state index is 0.620. The Bertz CT molecular complexity index is 476.